The Hall–Kier alpha value is -4.46. The number of benzene rings is 3. The third-order valence-corrected chi connectivity index (χ3v) is 5.60. The third-order valence-electron chi connectivity index (χ3n) is 5.60. The van der Waals surface area contributed by atoms with Crippen LogP contribution < -0.4 is 29.2 Å². The molecule has 186 valence electrons. The normalized spacial score (nSPS) is 14.7. The first-order valence-electron chi connectivity index (χ1n) is 11.5. The summed E-state index contributed by atoms with van der Waals surface area (Å²) in [4.78, 5) is 27.0. The Kier molecular flexibility index (Phi) is 7.75. The highest BCUT2D eigenvalue weighted by Crippen LogP contribution is 2.36. The first-order chi connectivity index (χ1) is 17.5. The van der Waals surface area contributed by atoms with Crippen molar-refractivity contribution in [2.75, 3.05) is 37.6 Å². The van der Waals surface area contributed by atoms with E-state index in [1.165, 1.54) is 6.08 Å². The van der Waals surface area contributed by atoms with Crippen LogP contribution in [0.5, 0.6) is 23.0 Å². The summed E-state index contributed by atoms with van der Waals surface area (Å²) in [6.07, 6.45) is 2.49. The summed E-state index contributed by atoms with van der Waals surface area (Å²) in [5, 5.41) is 2.84. The topological polar surface area (TPSA) is 86.3 Å². The Morgan fingerprint density at radius 3 is 2.56 bits per heavy atom. The molecule has 0 fully saturated rings. The first kappa shape index (κ1) is 24.7. The molecule has 1 heterocycles. The maximum Gasteiger partial charge on any atom is 0.267 e. The van der Waals surface area contributed by atoms with Crippen LogP contribution >= 0.6 is 0 Å². The Morgan fingerprint density at radius 1 is 1.03 bits per heavy atom. The fraction of sp³-hybridized carbons (Fsp3) is 0.214. The van der Waals surface area contributed by atoms with Crippen molar-refractivity contribution in [3.05, 3.63) is 78.4 Å². The minimum atomic E-state index is -0.612. The van der Waals surface area contributed by atoms with Gasteiger partial charge in [-0.25, -0.2) is 0 Å². The molecule has 1 N–H and O–H groups in total. The molecule has 1 aliphatic rings. The van der Waals surface area contributed by atoms with Crippen LogP contribution in [0.3, 0.4) is 0 Å². The zero-order valence-electron chi connectivity index (χ0n) is 20.4. The van der Waals surface area contributed by atoms with Gasteiger partial charge in [-0.15, -0.1) is 0 Å². The van der Waals surface area contributed by atoms with Crippen molar-refractivity contribution in [3.63, 3.8) is 0 Å². The van der Waals surface area contributed by atoms with Crippen molar-refractivity contribution in [2.45, 2.75) is 13.0 Å². The molecule has 0 saturated heterocycles. The van der Waals surface area contributed by atoms with Gasteiger partial charge in [-0.3, -0.25) is 9.59 Å². The highest BCUT2D eigenvalue weighted by Gasteiger charge is 2.31. The lowest BCUT2D eigenvalue weighted by molar-refractivity contribution is -0.125. The number of para-hydroxylation sites is 1. The molecule has 0 spiro atoms. The first-order valence-corrected chi connectivity index (χ1v) is 11.5. The van der Waals surface area contributed by atoms with E-state index in [0.29, 0.717) is 41.8 Å². The number of carbonyl (C=O) groups is 2. The highest BCUT2D eigenvalue weighted by molar-refractivity contribution is 6.04. The van der Waals surface area contributed by atoms with Gasteiger partial charge in [0.2, 0.25) is 5.91 Å². The molecule has 36 heavy (non-hydrogen) atoms. The van der Waals surface area contributed by atoms with Crippen molar-refractivity contribution in [1.29, 1.82) is 0 Å². The van der Waals surface area contributed by atoms with Gasteiger partial charge in [0.15, 0.2) is 17.6 Å². The quantitative estimate of drug-likeness (QED) is 0.445. The second kappa shape index (κ2) is 11.3. The van der Waals surface area contributed by atoms with Gasteiger partial charge in [0.25, 0.3) is 5.91 Å². The van der Waals surface area contributed by atoms with Crippen molar-refractivity contribution in [2.24, 2.45) is 0 Å². The molecular weight excluding hydrogens is 460 g/mol. The number of amides is 2. The molecule has 0 aromatic heterocycles. The van der Waals surface area contributed by atoms with Crippen molar-refractivity contribution < 1.29 is 28.5 Å². The largest absolute Gasteiger partial charge is 0.493 e. The Bertz CT molecular complexity index is 1260. The number of ether oxygens (including phenoxy) is 4. The van der Waals surface area contributed by atoms with Crippen LogP contribution in [0.15, 0.2) is 72.8 Å². The van der Waals surface area contributed by atoms with E-state index in [-0.39, 0.29) is 11.8 Å². The smallest absolute Gasteiger partial charge is 0.267 e. The summed E-state index contributed by atoms with van der Waals surface area (Å²) in [6.45, 7) is 2.36. The molecule has 0 bridgehead atoms. The standard InChI is InChI=1S/C28H28N2O6/c1-19-28(32)30(15-16-35-22-7-5-4-6-8-22)23-18-21(11-13-24(23)36-19)29-27(31)14-10-20-9-12-25(33-2)26(17-20)34-3/h4-14,17-19H,15-16H2,1-3H3,(H,29,31)/b14-10+. The fourth-order valence-electron chi connectivity index (χ4n) is 3.80. The molecule has 4 rings (SSSR count). The van der Waals surface area contributed by atoms with E-state index in [0.717, 1.165) is 11.3 Å². The van der Waals surface area contributed by atoms with Crippen LogP contribution in [0.1, 0.15) is 12.5 Å². The van der Waals surface area contributed by atoms with Crippen molar-refractivity contribution in [3.8, 4) is 23.0 Å². The second-order valence-electron chi connectivity index (χ2n) is 8.03. The van der Waals surface area contributed by atoms with E-state index in [2.05, 4.69) is 5.32 Å². The van der Waals surface area contributed by atoms with Gasteiger partial charge in [-0.1, -0.05) is 24.3 Å². The number of rotatable bonds is 9. The average molecular weight is 489 g/mol. The molecule has 1 unspecified atom stereocenters. The summed E-state index contributed by atoms with van der Waals surface area (Å²) in [6, 6.07) is 20.0. The molecule has 0 saturated carbocycles. The van der Waals surface area contributed by atoms with Crippen LogP contribution in [0.25, 0.3) is 6.08 Å². The summed E-state index contributed by atoms with van der Waals surface area (Å²) in [5.41, 5.74) is 1.90. The molecule has 0 radical (unpaired) electrons. The number of anilines is 2. The van der Waals surface area contributed by atoms with E-state index in [1.807, 2.05) is 36.4 Å². The van der Waals surface area contributed by atoms with Crippen LogP contribution in [0, 0.1) is 0 Å². The third kappa shape index (κ3) is 5.78. The predicted molar refractivity (Wildman–Crippen MR) is 138 cm³/mol. The lowest BCUT2D eigenvalue weighted by atomic mass is 10.1. The molecule has 3 aromatic carbocycles. The minimum absolute atomic E-state index is 0.170. The number of hydrogen-bond donors (Lipinski definition) is 1. The van der Waals surface area contributed by atoms with Crippen LogP contribution in [-0.2, 0) is 9.59 Å². The summed E-state index contributed by atoms with van der Waals surface area (Å²) >= 11 is 0. The van der Waals surface area contributed by atoms with E-state index in [9.17, 15) is 9.59 Å². The van der Waals surface area contributed by atoms with E-state index >= 15 is 0 Å². The van der Waals surface area contributed by atoms with Gasteiger partial charge >= 0.3 is 0 Å². The maximum atomic E-state index is 12.8. The molecule has 0 aliphatic carbocycles. The van der Waals surface area contributed by atoms with Gasteiger partial charge in [0.05, 0.1) is 26.5 Å². The summed E-state index contributed by atoms with van der Waals surface area (Å²) in [5.74, 6) is 1.99. The maximum absolute atomic E-state index is 12.8. The molecule has 2 amide bonds. The Labute approximate surface area is 210 Å². The second-order valence-corrected chi connectivity index (χ2v) is 8.03. The van der Waals surface area contributed by atoms with Crippen LogP contribution in [0.4, 0.5) is 11.4 Å². The van der Waals surface area contributed by atoms with E-state index in [1.54, 1.807) is 62.5 Å². The summed E-state index contributed by atoms with van der Waals surface area (Å²) in [7, 11) is 3.12. The Balaban J connectivity index is 1.45. The predicted octanol–water partition coefficient (Wildman–Crippen LogP) is 4.55. The number of nitrogens with one attached hydrogen (secondary N) is 1. The number of fused-ring (bicyclic) bond motifs is 1. The van der Waals surface area contributed by atoms with Gasteiger partial charge in [0, 0.05) is 11.8 Å². The highest BCUT2D eigenvalue weighted by atomic mass is 16.5. The van der Waals surface area contributed by atoms with E-state index < -0.39 is 6.10 Å². The number of nitrogens with zero attached hydrogens (tertiary/aromatic N) is 1. The van der Waals surface area contributed by atoms with Crippen LogP contribution in [-0.4, -0.2) is 45.3 Å². The number of carbonyl (C=O) groups excluding carboxylic acids is 2. The van der Waals surface area contributed by atoms with Gasteiger partial charge in [-0.2, -0.15) is 0 Å². The molecule has 1 aliphatic heterocycles. The van der Waals surface area contributed by atoms with Gasteiger partial charge in [-0.05, 0) is 61.0 Å². The summed E-state index contributed by atoms with van der Waals surface area (Å²) < 4.78 is 22.1. The zero-order chi connectivity index (χ0) is 25.5. The SMILES string of the molecule is COc1ccc(/C=C/C(=O)Nc2ccc3c(c2)N(CCOc2ccccc2)C(=O)C(C)O3)cc1OC. The van der Waals surface area contributed by atoms with Crippen molar-refractivity contribution in [1.82, 2.24) is 0 Å². The van der Waals surface area contributed by atoms with Crippen LogP contribution in [0.2, 0.25) is 0 Å². The number of methoxy groups -OCH3 is 2. The van der Waals surface area contributed by atoms with Gasteiger partial charge < -0.3 is 29.2 Å². The van der Waals surface area contributed by atoms with Gasteiger partial charge in [0.1, 0.15) is 18.1 Å². The average Bonchev–Trinajstić information content (AvgIpc) is 2.90. The molecule has 3 aromatic rings. The van der Waals surface area contributed by atoms with E-state index in [4.69, 9.17) is 18.9 Å². The molecule has 1 atom stereocenters. The fourth-order valence-corrected chi connectivity index (χ4v) is 3.80. The monoisotopic (exact) mass is 488 g/mol. The molecule has 8 heteroatoms. The zero-order valence-corrected chi connectivity index (χ0v) is 20.4. The lowest BCUT2D eigenvalue weighted by Gasteiger charge is -2.33. The Morgan fingerprint density at radius 2 is 1.81 bits per heavy atom. The molecule has 8 nitrogen and oxygen atoms in total. The van der Waals surface area contributed by atoms with Crippen molar-refractivity contribution >= 4 is 29.3 Å². The number of hydrogen-bond acceptors (Lipinski definition) is 6. The lowest BCUT2D eigenvalue weighted by Crippen LogP contribution is -2.46. The molecular formula is C28H28N2O6. The minimum Gasteiger partial charge on any atom is -0.493 e.